The number of sulfonamides is 1. The molecule has 2 heterocycles. The van der Waals surface area contributed by atoms with Crippen molar-refractivity contribution >= 4 is 44.0 Å². The number of methoxy groups -OCH3 is 1. The Labute approximate surface area is 196 Å². The largest absolute Gasteiger partial charge is 0.497 e. The van der Waals surface area contributed by atoms with Crippen LogP contribution in [-0.4, -0.2) is 43.8 Å². The Hall–Kier alpha value is -2.46. The summed E-state index contributed by atoms with van der Waals surface area (Å²) in [4.78, 5) is 18.3. The normalized spacial score (nSPS) is 14.5. The molecule has 1 aliphatic rings. The highest BCUT2D eigenvalue weighted by atomic mass is 35.5. The van der Waals surface area contributed by atoms with Gasteiger partial charge in [-0.3, -0.25) is 10.1 Å². The lowest BCUT2D eigenvalue weighted by Gasteiger charge is -2.17. The molecule has 0 radical (unpaired) electrons. The SMILES string of the molecule is COc1ccc(-c2nc(NC(=O)c3ccc(Cl)c(S(=O)(=O)N4CCCC4)c3)sc2C)cc1. The maximum absolute atomic E-state index is 12.9. The predicted octanol–water partition coefficient (Wildman–Crippen LogP) is 4.82. The zero-order valence-electron chi connectivity index (χ0n) is 17.6. The molecule has 1 aromatic heterocycles. The first-order chi connectivity index (χ1) is 15.3. The van der Waals surface area contributed by atoms with Crippen molar-refractivity contribution < 1.29 is 17.9 Å². The highest BCUT2D eigenvalue weighted by Gasteiger charge is 2.30. The van der Waals surface area contributed by atoms with Gasteiger partial charge in [-0.25, -0.2) is 13.4 Å². The molecule has 168 valence electrons. The second kappa shape index (κ2) is 9.19. The lowest BCUT2D eigenvalue weighted by atomic mass is 10.1. The third-order valence-electron chi connectivity index (χ3n) is 5.26. The van der Waals surface area contributed by atoms with Crippen LogP contribution < -0.4 is 10.1 Å². The smallest absolute Gasteiger partial charge is 0.257 e. The first-order valence-corrected chi connectivity index (χ1v) is 12.7. The van der Waals surface area contributed by atoms with Crippen LogP contribution in [0.4, 0.5) is 5.13 Å². The van der Waals surface area contributed by atoms with Crippen LogP contribution >= 0.6 is 22.9 Å². The van der Waals surface area contributed by atoms with Crippen molar-refractivity contribution in [3.63, 3.8) is 0 Å². The molecule has 1 amide bonds. The summed E-state index contributed by atoms with van der Waals surface area (Å²) in [5, 5.41) is 3.30. The molecule has 7 nitrogen and oxygen atoms in total. The number of amides is 1. The minimum Gasteiger partial charge on any atom is -0.497 e. The Morgan fingerprint density at radius 2 is 1.84 bits per heavy atom. The number of ether oxygens (including phenoxy) is 1. The number of nitrogens with zero attached hydrogens (tertiary/aromatic N) is 2. The van der Waals surface area contributed by atoms with Crippen molar-refractivity contribution in [2.24, 2.45) is 0 Å². The van der Waals surface area contributed by atoms with E-state index >= 15 is 0 Å². The Kier molecular flexibility index (Phi) is 6.52. The number of thiazole rings is 1. The van der Waals surface area contributed by atoms with Gasteiger partial charge in [0.1, 0.15) is 10.6 Å². The van der Waals surface area contributed by atoms with Crippen molar-refractivity contribution in [2.75, 3.05) is 25.5 Å². The second-order valence-corrected chi connectivity index (χ2v) is 10.9. The van der Waals surface area contributed by atoms with Crippen LogP contribution in [0.1, 0.15) is 28.1 Å². The highest BCUT2D eigenvalue weighted by Crippen LogP contribution is 2.32. The molecule has 10 heteroatoms. The number of hydrogen-bond donors (Lipinski definition) is 1. The van der Waals surface area contributed by atoms with E-state index in [1.165, 1.54) is 33.8 Å². The van der Waals surface area contributed by atoms with Crippen LogP contribution in [0, 0.1) is 6.92 Å². The lowest BCUT2D eigenvalue weighted by molar-refractivity contribution is 0.102. The zero-order chi connectivity index (χ0) is 22.9. The van der Waals surface area contributed by atoms with Gasteiger partial charge in [0, 0.05) is 29.1 Å². The Morgan fingerprint density at radius 1 is 1.16 bits per heavy atom. The Morgan fingerprint density at radius 3 is 2.50 bits per heavy atom. The molecule has 0 bridgehead atoms. The van der Waals surface area contributed by atoms with E-state index < -0.39 is 15.9 Å². The predicted molar refractivity (Wildman–Crippen MR) is 126 cm³/mol. The molecule has 0 aliphatic carbocycles. The summed E-state index contributed by atoms with van der Waals surface area (Å²) < 4.78 is 32.4. The fourth-order valence-corrected chi connectivity index (χ4v) is 6.39. The average Bonchev–Trinajstić information content (AvgIpc) is 3.44. The van der Waals surface area contributed by atoms with E-state index in [-0.39, 0.29) is 15.5 Å². The topological polar surface area (TPSA) is 88.6 Å². The number of nitrogens with one attached hydrogen (secondary N) is 1. The van der Waals surface area contributed by atoms with Gasteiger partial charge in [0.2, 0.25) is 10.0 Å². The van der Waals surface area contributed by atoms with E-state index in [0.29, 0.717) is 18.2 Å². The number of carbonyl (C=O) groups is 1. The van der Waals surface area contributed by atoms with Crippen LogP contribution in [0.25, 0.3) is 11.3 Å². The fourth-order valence-electron chi connectivity index (χ4n) is 3.55. The Bertz CT molecular complexity index is 1250. The molecule has 0 spiro atoms. The number of anilines is 1. The van der Waals surface area contributed by atoms with Gasteiger partial charge in [0.05, 0.1) is 17.8 Å². The zero-order valence-corrected chi connectivity index (χ0v) is 20.0. The number of aromatic nitrogens is 1. The van der Waals surface area contributed by atoms with Gasteiger partial charge in [-0.15, -0.1) is 11.3 Å². The second-order valence-electron chi connectivity index (χ2n) is 7.36. The summed E-state index contributed by atoms with van der Waals surface area (Å²) in [6.45, 7) is 2.85. The van der Waals surface area contributed by atoms with Crippen LogP contribution in [0.15, 0.2) is 47.4 Å². The van der Waals surface area contributed by atoms with Gasteiger partial charge in [0.15, 0.2) is 5.13 Å². The average molecular weight is 492 g/mol. The van der Waals surface area contributed by atoms with Crippen molar-refractivity contribution in [1.29, 1.82) is 0 Å². The standard InChI is InChI=1S/C22H22ClN3O4S2/c1-14-20(15-5-8-17(30-2)9-6-15)24-22(31-14)25-21(27)16-7-10-18(23)19(13-16)32(28,29)26-11-3-4-12-26/h5-10,13H,3-4,11-12H2,1-2H3,(H,24,25,27). The van der Waals surface area contributed by atoms with Gasteiger partial charge in [0.25, 0.3) is 5.91 Å². The van der Waals surface area contributed by atoms with Gasteiger partial charge >= 0.3 is 0 Å². The quantitative estimate of drug-likeness (QED) is 0.534. The van der Waals surface area contributed by atoms with Crippen LogP contribution in [0.5, 0.6) is 5.75 Å². The van der Waals surface area contributed by atoms with E-state index in [9.17, 15) is 13.2 Å². The summed E-state index contributed by atoms with van der Waals surface area (Å²) in [6, 6.07) is 11.8. The third kappa shape index (κ3) is 4.52. The van der Waals surface area contributed by atoms with E-state index in [1.54, 1.807) is 7.11 Å². The number of carbonyl (C=O) groups excluding carboxylic acids is 1. The van der Waals surface area contributed by atoms with Crippen molar-refractivity contribution in [2.45, 2.75) is 24.7 Å². The molecule has 0 unspecified atom stereocenters. The van der Waals surface area contributed by atoms with E-state index in [1.807, 2.05) is 31.2 Å². The molecule has 2 aromatic carbocycles. The molecule has 4 rings (SSSR count). The summed E-state index contributed by atoms with van der Waals surface area (Å²) in [6.07, 6.45) is 1.63. The molecule has 1 fully saturated rings. The number of benzene rings is 2. The number of aryl methyl sites for hydroxylation is 1. The molecule has 1 aliphatic heterocycles. The van der Waals surface area contributed by atoms with Crippen LogP contribution in [0.3, 0.4) is 0 Å². The van der Waals surface area contributed by atoms with Crippen LogP contribution in [0.2, 0.25) is 5.02 Å². The van der Waals surface area contributed by atoms with Crippen molar-refractivity contribution in [1.82, 2.24) is 9.29 Å². The van der Waals surface area contributed by atoms with Crippen molar-refractivity contribution in [3.8, 4) is 17.0 Å². The monoisotopic (exact) mass is 491 g/mol. The van der Waals surface area contributed by atoms with Gasteiger partial charge in [-0.1, -0.05) is 11.6 Å². The first kappa shape index (κ1) is 22.7. The number of hydrogen-bond acceptors (Lipinski definition) is 6. The van der Waals surface area contributed by atoms with E-state index in [0.717, 1.165) is 34.7 Å². The van der Waals surface area contributed by atoms with Crippen LogP contribution in [-0.2, 0) is 10.0 Å². The highest BCUT2D eigenvalue weighted by molar-refractivity contribution is 7.89. The maximum Gasteiger partial charge on any atom is 0.257 e. The third-order valence-corrected chi connectivity index (χ3v) is 8.52. The summed E-state index contributed by atoms with van der Waals surface area (Å²) >= 11 is 7.53. The summed E-state index contributed by atoms with van der Waals surface area (Å²) in [5.41, 5.74) is 1.87. The molecule has 0 saturated carbocycles. The minimum absolute atomic E-state index is 0.0528. The molecular formula is C22H22ClN3O4S2. The lowest BCUT2D eigenvalue weighted by Crippen LogP contribution is -2.28. The Balaban J connectivity index is 1.57. The molecule has 1 N–H and O–H groups in total. The van der Waals surface area contributed by atoms with E-state index in [2.05, 4.69) is 10.3 Å². The number of halogens is 1. The van der Waals surface area contributed by atoms with Gasteiger partial charge in [-0.2, -0.15) is 4.31 Å². The molecule has 1 saturated heterocycles. The van der Waals surface area contributed by atoms with Gasteiger partial charge in [-0.05, 0) is 62.2 Å². The van der Waals surface area contributed by atoms with Gasteiger partial charge < -0.3 is 4.74 Å². The molecular weight excluding hydrogens is 470 g/mol. The molecule has 3 aromatic rings. The van der Waals surface area contributed by atoms with E-state index in [4.69, 9.17) is 16.3 Å². The summed E-state index contributed by atoms with van der Waals surface area (Å²) in [7, 11) is -2.14. The molecule has 32 heavy (non-hydrogen) atoms. The maximum atomic E-state index is 12.9. The number of rotatable bonds is 6. The summed E-state index contributed by atoms with van der Waals surface area (Å²) in [5.74, 6) is 0.298. The first-order valence-electron chi connectivity index (χ1n) is 10.0. The fraction of sp³-hybridized carbons (Fsp3) is 0.273. The molecule has 0 atom stereocenters. The van der Waals surface area contributed by atoms with Crippen molar-refractivity contribution in [3.05, 3.63) is 57.9 Å². The minimum atomic E-state index is -3.74.